The van der Waals surface area contributed by atoms with Crippen molar-refractivity contribution < 1.29 is 19.4 Å². The van der Waals surface area contributed by atoms with E-state index in [9.17, 15) is 9.59 Å². The average molecular weight is 206 g/mol. The Morgan fingerprint density at radius 2 is 2.07 bits per heavy atom. The highest BCUT2D eigenvalue weighted by molar-refractivity contribution is 5.92. The van der Waals surface area contributed by atoms with Gasteiger partial charge in [0.2, 0.25) is 0 Å². The van der Waals surface area contributed by atoms with Gasteiger partial charge in [-0.15, -0.1) is 0 Å². The number of carboxylic acids is 1. The molecule has 0 radical (unpaired) electrons. The molecule has 0 saturated heterocycles. The highest BCUT2D eigenvalue weighted by Gasteiger charge is 2.08. The molecule has 0 aromatic heterocycles. The molecule has 0 unspecified atom stereocenters. The first-order valence-electron chi connectivity index (χ1n) is 4.22. The number of carbonyl (C=O) groups excluding carboxylic acids is 1. The molecule has 1 N–H and O–H groups in total. The van der Waals surface area contributed by atoms with E-state index < -0.39 is 5.97 Å². The lowest BCUT2D eigenvalue weighted by atomic mass is 10.1. The first-order chi connectivity index (χ1) is 7.19. The zero-order valence-corrected chi connectivity index (χ0v) is 8.14. The van der Waals surface area contributed by atoms with Crippen molar-refractivity contribution in [2.45, 2.75) is 0 Å². The van der Waals surface area contributed by atoms with E-state index in [4.69, 9.17) is 9.84 Å². The van der Waals surface area contributed by atoms with Gasteiger partial charge in [0.1, 0.15) is 5.76 Å². The van der Waals surface area contributed by atoms with E-state index in [0.717, 1.165) is 6.08 Å². The highest BCUT2D eigenvalue weighted by Crippen LogP contribution is 2.18. The molecular weight excluding hydrogens is 196 g/mol. The summed E-state index contributed by atoms with van der Waals surface area (Å²) in [5.41, 5.74) is 0.865. The van der Waals surface area contributed by atoms with Crippen LogP contribution >= 0.6 is 0 Å². The van der Waals surface area contributed by atoms with Crippen molar-refractivity contribution in [3.8, 4) is 0 Å². The molecule has 78 valence electrons. The Labute approximate surface area is 86.8 Å². The molecule has 0 heterocycles. The minimum absolute atomic E-state index is 0.158. The van der Waals surface area contributed by atoms with Gasteiger partial charge in [0, 0.05) is 11.1 Å². The standard InChI is InChI=1S/C11H10O4/c1-15-10(6-11(13)14)9-5-3-2-4-8(9)7-12/h2-7H,1H3,(H,13,14)/b10-6+. The Hall–Kier alpha value is -2.10. The van der Waals surface area contributed by atoms with Crippen molar-refractivity contribution in [1.29, 1.82) is 0 Å². The molecule has 1 aromatic carbocycles. The molecule has 4 nitrogen and oxygen atoms in total. The van der Waals surface area contributed by atoms with Crippen LogP contribution in [0.1, 0.15) is 15.9 Å². The quantitative estimate of drug-likeness (QED) is 0.461. The second kappa shape index (κ2) is 4.95. The fraction of sp³-hybridized carbons (Fsp3) is 0.0909. The summed E-state index contributed by atoms with van der Waals surface area (Å²) in [5.74, 6) is -0.960. The van der Waals surface area contributed by atoms with Gasteiger partial charge < -0.3 is 9.84 Å². The number of aldehydes is 1. The van der Waals surface area contributed by atoms with Crippen molar-refractivity contribution in [3.05, 3.63) is 41.5 Å². The predicted molar refractivity (Wildman–Crippen MR) is 54.5 cm³/mol. The molecule has 4 heteroatoms. The van der Waals surface area contributed by atoms with Crippen LogP contribution in [-0.2, 0) is 9.53 Å². The van der Waals surface area contributed by atoms with E-state index in [1.54, 1.807) is 24.3 Å². The molecule has 0 amide bonds. The van der Waals surface area contributed by atoms with Gasteiger partial charge in [-0.05, 0) is 0 Å². The monoisotopic (exact) mass is 206 g/mol. The summed E-state index contributed by atoms with van der Waals surface area (Å²) in [5, 5.41) is 8.60. The van der Waals surface area contributed by atoms with E-state index >= 15 is 0 Å². The molecule has 0 fully saturated rings. The number of rotatable bonds is 4. The fourth-order valence-electron chi connectivity index (χ4n) is 1.18. The number of carbonyl (C=O) groups is 2. The molecule has 0 atom stereocenters. The predicted octanol–water partition coefficient (Wildman–Crippen LogP) is 1.57. The lowest BCUT2D eigenvalue weighted by Gasteiger charge is -2.07. The highest BCUT2D eigenvalue weighted by atomic mass is 16.5. The van der Waals surface area contributed by atoms with Crippen LogP contribution in [0.15, 0.2) is 30.3 Å². The number of benzene rings is 1. The normalized spacial score (nSPS) is 10.9. The fourth-order valence-corrected chi connectivity index (χ4v) is 1.18. The van der Waals surface area contributed by atoms with E-state index in [-0.39, 0.29) is 5.76 Å². The van der Waals surface area contributed by atoms with Crippen molar-refractivity contribution in [2.75, 3.05) is 7.11 Å². The molecule has 0 aliphatic carbocycles. The van der Waals surface area contributed by atoms with Crippen LogP contribution in [0.25, 0.3) is 5.76 Å². The smallest absolute Gasteiger partial charge is 0.332 e. The van der Waals surface area contributed by atoms with E-state index in [1.807, 2.05) is 0 Å². The first kappa shape index (κ1) is 11.0. The number of hydrogen-bond acceptors (Lipinski definition) is 3. The average Bonchev–Trinajstić information content (AvgIpc) is 2.25. The van der Waals surface area contributed by atoms with Crippen molar-refractivity contribution in [3.63, 3.8) is 0 Å². The molecule has 0 aliphatic heterocycles. The molecular formula is C11H10O4. The molecule has 1 rings (SSSR count). The number of hydrogen-bond donors (Lipinski definition) is 1. The van der Waals surface area contributed by atoms with Gasteiger partial charge in [-0.25, -0.2) is 4.79 Å². The second-order valence-corrected chi connectivity index (χ2v) is 2.76. The van der Waals surface area contributed by atoms with Gasteiger partial charge in [-0.3, -0.25) is 4.79 Å². The van der Waals surface area contributed by atoms with Crippen molar-refractivity contribution >= 4 is 18.0 Å². The number of aliphatic carboxylic acids is 1. The summed E-state index contributed by atoms with van der Waals surface area (Å²) < 4.78 is 4.91. The maximum atomic E-state index is 10.7. The minimum atomic E-state index is -1.12. The summed E-state index contributed by atoms with van der Waals surface area (Å²) >= 11 is 0. The summed E-state index contributed by atoms with van der Waals surface area (Å²) in [4.78, 5) is 21.2. The van der Waals surface area contributed by atoms with Crippen LogP contribution < -0.4 is 0 Å². The SMILES string of the molecule is CO/C(=C/C(=O)O)c1ccccc1C=O. The van der Waals surface area contributed by atoms with Crippen LogP contribution in [0, 0.1) is 0 Å². The Bertz CT molecular complexity index is 407. The number of methoxy groups -OCH3 is 1. The van der Waals surface area contributed by atoms with Gasteiger partial charge >= 0.3 is 5.97 Å². The Morgan fingerprint density at radius 1 is 1.40 bits per heavy atom. The zero-order chi connectivity index (χ0) is 11.3. The molecule has 0 bridgehead atoms. The second-order valence-electron chi connectivity index (χ2n) is 2.76. The molecule has 0 aliphatic rings. The van der Waals surface area contributed by atoms with Crippen molar-refractivity contribution in [2.24, 2.45) is 0 Å². The van der Waals surface area contributed by atoms with Gasteiger partial charge in [0.15, 0.2) is 6.29 Å². The third-order valence-electron chi connectivity index (χ3n) is 1.83. The Morgan fingerprint density at radius 3 is 2.60 bits per heavy atom. The largest absolute Gasteiger partial charge is 0.496 e. The third kappa shape index (κ3) is 2.67. The van der Waals surface area contributed by atoms with Gasteiger partial charge in [-0.2, -0.15) is 0 Å². The maximum absolute atomic E-state index is 10.7. The van der Waals surface area contributed by atoms with Crippen LogP contribution in [0.2, 0.25) is 0 Å². The number of ether oxygens (including phenoxy) is 1. The van der Waals surface area contributed by atoms with Crippen LogP contribution in [0.5, 0.6) is 0 Å². The van der Waals surface area contributed by atoms with E-state index in [1.165, 1.54) is 7.11 Å². The maximum Gasteiger partial charge on any atom is 0.332 e. The van der Waals surface area contributed by atoms with Gasteiger partial charge in [0.05, 0.1) is 13.2 Å². The molecule has 15 heavy (non-hydrogen) atoms. The minimum Gasteiger partial charge on any atom is -0.496 e. The van der Waals surface area contributed by atoms with Gasteiger partial charge in [0.25, 0.3) is 0 Å². The van der Waals surface area contributed by atoms with Crippen LogP contribution in [-0.4, -0.2) is 24.5 Å². The Kier molecular flexibility index (Phi) is 3.62. The summed E-state index contributed by atoms with van der Waals surface area (Å²) in [7, 11) is 1.36. The lowest BCUT2D eigenvalue weighted by Crippen LogP contribution is -1.97. The first-order valence-corrected chi connectivity index (χ1v) is 4.22. The Balaban J connectivity index is 3.23. The third-order valence-corrected chi connectivity index (χ3v) is 1.83. The van der Waals surface area contributed by atoms with E-state index in [0.29, 0.717) is 17.4 Å². The van der Waals surface area contributed by atoms with Crippen LogP contribution in [0.3, 0.4) is 0 Å². The van der Waals surface area contributed by atoms with Crippen molar-refractivity contribution in [1.82, 2.24) is 0 Å². The summed E-state index contributed by atoms with van der Waals surface area (Å²) in [6.07, 6.45) is 1.58. The summed E-state index contributed by atoms with van der Waals surface area (Å²) in [6, 6.07) is 6.62. The zero-order valence-electron chi connectivity index (χ0n) is 8.14. The molecule has 0 spiro atoms. The van der Waals surface area contributed by atoms with Gasteiger partial charge in [-0.1, -0.05) is 24.3 Å². The number of carboxylic acid groups (broad SMARTS) is 1. The van der Waals surface area contributed by atoms with Crippen LogP contribution in [0.4, 0.5) is 0 Å². The summed E-state index contributed by atoms with van der Waals surface area (Å²) in [6.45, 7) is 0. The molecule has 0 saturated carbocycles. The van der Waals surface area contributed by atoms with E-state index in [2.05, 4.69) is 0 Å². The topological polar surface area (TPSA) is 63.6 Å². The molecule has 1 aromatic rings. The lowest BCUT2D eigenvalue weighted by molar-refractivity contribution is -0.131.